The summed E-state index contributed by atoms with van der Waals surface area (Å²) in [6, 6.07) is 14.8. The van der Waals surface area contributed by atoms with Gasteiger partial charge in [0.1, 0.15) is 0 Å². The molecule has 1 aliphatic rings. The molecule has 0 aromatic heterocycles. The quantitative estimate of drug-likeness (QED) is 0.774. The van der Waals surface area contributed by atoms with E-state index in [4.69, 9.17) is 16.3 Å². The van der Waals surface area contributed by atoms with Crippen LogP contribution in [-0.2, 0) is 24.1 Å². The van der Waals surface area contributed by atoms with Gasteiger partial charge in [-0.3, -0.25) is 0 Å². The zero-order valence-corrected chi connectivity index (χ0v) is 11.5. The minimum Gasteiger partial charge on any atom is -0.430 e. The Kier molecular flexibility index (Phi) is 3.91. The van der Waals surface area contributed by atoms with Crippen LogP contribution in [0.1, 0.15) is 23.1 Å². The van der Waals surface area contributed by atoms with Crippen LogP contribution >= 0.6 is 11.6 Å². The van der Waals surface area contributed by atoms with E-state index < -0.39 is 0 Å². The molecule has 3 heteroatoms. The van der Waals surface area contributed by atoms with Gasteiger partial charge in [0.25, 0.3) is 0 Å². The van der Waals surface area contributed by atoms with Crippen molar-refractivity contribution in [1.82, 2.24) is 0 Å². The lowest BCUT2D eigenvalue weighted by Gasteiger charge is -2.05. The van der Waals surface area contributed by atoms with Gasteiger partial charge < -0.3 is 4.65 Å². The van der Waals surface area contributed by atoms with Crippen molar-refractivity contribution < 1.29 is 4.65 Å². The van der Waals surface area contributed by atoms with Crippen molar-refractivity contribution in [2.24, 2.45) is 0 Å². The number of rotatable bonds is 4. The second-order valence-electron chi connectivity index (χ2n) is 4.94. The van der Waals surface area contributed by atoms with E-state index in [1.807, 2.05) is 19.6 Å². The molecule has 0 N–H and O–H groups in total. The average molecular weight is 270 g/mol. The van der Waals surface area contributed by atoms with Gasteiger partial charge in [0.2, 0.25) is 0 Å². The van der Waals surface area contributed by atoms with Gasteiger partial charge in [-0.2, -0.15) is 0 Å². The Balaban J connectivity index is 1.56. The van der Waals surface area contributed by atoms with E-state index in [1.54, 1.807) is 0 Å². The van der Waals surface area contributed by atoms with Crippen LogP contribution in [0.4, 0.5) is 0 Å². The van der Waals surface area contributed by atoms with Gasteiger partial charge in [-0.05, 0) is 53.5 Å². The Hall–Kier alpha value is -1.25. The molecule has 3 rings (SSSR count). The van der Waals surface area contributed by atoms with Gasteiger partial charge in [-0.25, -0.2) is 0 Å². The van der Waals surface area contributed by atoms with E-state index in [0.29, 0.717) is 0 Å². The van der Waals surface area contributed by atoms with Gasteiger partial charge >= 0.3 is 7.48 Å². The molecule has 1 aliphatic heterocycles. The number of hydrogen-bond acceptors (Lipinski definition) is 1. The van der Waals surface area contributed by atoms with Gasteiger partial charge in [0.15, 0.2) is 0 Å². The molecule has 0 amide bonds. The molecule has 0 saturated heterocycles. The standard InChI is InChI=1S/C16H15BClO/c18-15-8-5-12(6-9-15)2-1-3-13-4-7-14-11-19-17-16(14)10-13/h4-10H,1-3,11H2. The lowest BCUT2D eigenvalue weighted by Crippen LogP contribution is -2.12. The minimum absolute atomic E-state index is 0.723. The van der Waals surface area contributed by atoms with Crippen molar-refractivity contribution in [2.75, 3.05) is 0 Å². The summed E-state index contributed by atoms with van der Waals surface area (Å²) in [4.78, 5) is 0. The van der Waals surface area contributed by atoms with Crippen molar-refractivity contribution in [1.29, 1.82) is 0 Å². The highest BCUT2D eigenvalue weighted by Crippen LogP contribution is 2.14. The number of hydrogen-bond donors (Lipinski definition) is 0. The van der Waals surface area contributed by atoms with E-state index in [2.05, 4.69) is 30.3 Å². The molecule has 0 bridgehead atoms. The SMILES string of the molecule is Clc1ccc(CCCc2ccc3c(c2)[B]OC3)cc1. The predicted molar refractivity (Wildman–Crippen MR) is 80.1 cm³/mol. The number of fused-ring (bicyclic) bond motifs is 1. The lowest BCUT2D eigenvalue weighted by molar-refractivity contribution is 0.345. The summed E-state index contributed by atoms with van der Waals surface area (Å²) < 4.78 is 5.32. The lowest BCUT2D eigenvalue weighted by atomic mass is 9.85. The molecule has 0 aliphatic carbocycles. The first kappa shape index (κ1) is 12.8. The average Bonchev–Trinajstić information content (AvgIpc) is 2.88. The highest BCUT2D eigenvalue weighted by molar-refractivity contribution is 6.48. The molecule has 2 aromatic carbocycles. The summed E-state index contributed by atoms with van der Waals surface area (Å²) in [5.41, 5.74) is 5.26. The Morgan fingerprint density at radius 2 is 1.74 bits per heavy atom. The molecule has 0 fully saturated rings. The summed E-state index contributed by atoms with van der Waals surface area (Å²) >= 11 is 5.88. The fraction of sp³-hybridized carbons (Fsp3) is 0.250. The maximum absolute atomic E-state index is 5.88. The first-order chi connectivity index (χ1) is 9.31. The van der Waals surface area contributed by atoms with Crippen LogP contribution < -0.4 is 5.46 Å². The van der Waals surface area contributed by atoms with Gasteiger partial charge in [-0.1, -0.05) is 41.9 Å². The fourth-order valence-corrected chi connectivity index (χ4v) is 2.54. The molecule has 0 atom stereocenters. The monoisotopic (exact) mass is 269 g/mol. The third-order valence-corrected chi connectivity index (χ3v) is 3.76. The van der Waals surface area contributed by atoms with Crippen LogP contribution in [-0.4, -0.2) is 7.48 Å². The van der Waals surface area contributed by atoms with Crippen LogP contribution in [0.25, 0.3) is 0 Å². The molecular weight excluding hydrogens is 254 g/mol. The van der Waals surface area contributed by atoms with Crippen molar-refractivity contribution >= 4 is 24.5 Å². The molecule has 2 aromatic rings. The second kappa shape index (κ2) is 5.81. The van der Waals surface area contributed by atoms with Crippen LogP contribution in [0, 0.1) is 0 Å². The van der Waals surface area contributed by atoms with Gasteiger partial charge in [-0.15, -0.1) is 0 Å². The van der Waals surface area contributed by atoms with E-state index >= 15 is 0 Å². The summed E-state index contributed by atoms with van der Waals surface area (Å²) in [5.74, 6) is 0. The van der Waals surface area contributed by atoms with E-state index in [-0.39, 0.29) is 0 Å². The van der Waals surface area contributed by atoms with Crippen LogP contribution in [0.15, 0.2) is 42.5 Å². The number of aryl methyl sites for hydroxylation is 2. The molecular formula is C16H15BClO. The van der Waals surface area contributed by atoms with E-state index in [0.717, 1.165) is 30.9 Å². The molecule has 1 nitrogen and oxygen atoms in total. The van der Waals surface area contributed by atoms with E-state index in [1.165, 1.54) is 22.2 Å². The van der Waals surface area contributed by atoms with Crippen LogP contribution in [0.2, 0.25) is 5.02 Å². The number of benzene rings is 2. The fourth-order valence-electron chi connectivity index (χ4n) is 2.41. The summed E-state index contributed by atoms with van der Waals surface area (Å²) in [6.45, 7) is 0.723. The molecule has 1 heterocycles. The molecule has 0 saturated carbocycles. The highest BCUT2D eigenvalue weighted by atomic mass is 35.5. The van der Waals surface area contributed by atoms with E-state index in [9.17, 15) is 0 Å². The second-order valence-corrected chi connectivity index (χ2v) is 5.38. The smallest absolute Gasteiger partial charge is 0.330 e. The van der Waals surface area contributed by atoms with Gasteiger partial charge in [0.05, 0.1) is 6.61 Å². The Morgan fingerprint density at radius 3 is 2.58 bits per heavy atom. The number of halogens is 1. The molecule has 95 valence electrons. The van der Waals surface area contributed by atoms with Crippen LogP contribution in [0.5, 0.6) is 0 Å². The normalized spacial score (nSPS) is 13.1. The summed E-state index contributed by atoms with van der Waals surface area (Å²) in [7, 11) is 1.86. The first-order valence-electron chi connectivity index (χ1n) is 6.62. The predicted octanol–water partition coefficient (Wildman–Crippen LogP) is 3.29. The maximum Gasteiger partial charge on any atom is 0.330 e. The zero-order valence-electron chi connectivity index (χ0n) is 10.7. The summed E-state index contributed by atoms with van der Waals surface area (Å²) in [5, 5.41) is 0.804. The molecule has 0 spiro atoms. The summed E-state index contributed by atoms with van der Waals surface area (Å²) in [6.07, 6.45) is 3.35. The van der Waals surface area contributed by atoms with Gasteiger partial charge in [0, 0.05) is 5.02 Å². The minimum atomic E-state index is 0.723. The van der Waals surface area contributed by atoms with Crippen molar-refractivity contribution in [3.8, 4) is 0 Å². The van der Waals surface area contributed by atoms with Crippen LogP contribution in [0.3, 0.4) is 0 Å². The molecule has 19 heavy (non-hydrogen) atoms. The van der Waals surface area contributed by atoms with Crippen molar-refractivity contribution in [3.05, 3.63) is 64.2 Å². The zero-order chi connectivity index (χ0) is 13.1. The highest BCUT2D eigenvalue weighted by Gasteiger charge is 2.12. The first-order valence-corrected chi connectivity index (χ1v) is 7.00. The molecule has 1 radical (unpaired) electrons. The third kappa shape index (κ3) is 3.20. The topological polar surface area (TPSA) is 9.23 Å². The Labute approximate surface area is 119 Å². The van der Waals surface area contributed by atoms with Crippen molar-refractivity contribution in [3.63, 3.8) is 0 Å². The largest absolute Gasteiger partial charge is 0.430 e. The Bertz CT molecular complexity index is 565. The maximum atomic E-state index is 5.88. The molecule has 0 unspecified atom stereocenters. The third-order valence-electron chi connectivity index (χ3n) is 3.50. The van der Waals surface area contributed by atoms with Crippen molar-refractivity contribution in [2.45, 2.75) is 25.9 Å². The Morgan fingerprint density at radius 1 is 1.00 bits per heavy atom.